The predicted octanol–water partition coefficient (Wildman–Crippen LogP) is 5.34. The van der Waals surface area contributed by atoms with E-state index in [0.717, 1.165) is 34.5 Å². The van der Waals surface area contributed by atoms with Crippen molar-refractivity contribution in [2.75, 3.05) is 31.6 Å². The number of thiophene rings is 1. The van der Waals surface area contributed by atoms with Crippen LogP contribution in [0.2, 0.25) is 0 Å². The normalized spacial score (nSPS) is 15.9. The lowest BCUT2D eigenvalue weighted by molar-refractivity contribution is 0.0241. The average molecular weight is 475 g/mol. The first-order chi connectivity index (χ1) is 14.2. The number of benzene rings is 1. The Kier molecular flexibility index (Phi) is 6.50. The van der Waals surface area contributed by atoms with Gasteiger partial charge in [0.05, 0.1) is 25.5 Å². The van der Waals surface area contributed by atoms with E-state index in [-0.39, 0.29) is 11.9 Å². The Morgan fingerprint density at radius 3 is 2.66 bits per heavy atom. The molecule has 1 atom stereocenters. The standard InChI is InChI=1S/C22H23BrN2O3S/c1-2-17-14-18(22(29-17)24-21(26)19-4-3-11-28-19)20(25-9-12-27-13-10-25)15-5-7-16(23)8-6-15/h3-8,11,14,20H,2,9-10,12-13H2,1H3,(H,24,26). The second-order valence-corrected chi connectivity index (χ2v) is 8.94. The number of nitrogens with zero attached hydrogens (tertiary/aromatic N) is 1. The molecule has 5 nitrogen and oxygen atoms in total. The van der Waals surface area contributed by atoms with Crippen LogP contribution in [0.4, 0.5) is 5.00 Å². The molecule has 3 aromatic rings. The summed E-state index contributed by atoms with van der Waals surface area (Å²) in [5.41, 5.74) is 2.32. The summed E-state index contributed by atoms with van der Waals surface area (Å²) in [5, 5.41) is 3.96. The molecule has 152 valence electrons. The minimum atomic E-state index is -0.225. The molecule has 0 saturated carbocycles. The number of carbonyl (C=O) groups excluding carboxylic acids is 1. The lowest BCUT2D eigenvalue weighted by Gasteiger charge is -2.35. The molecule has 1 fully saturated rings. The highest BCUT2D eigenvalue weighted by Crippen LogP contribution is 2.40. The first kappa shape index (κ1) is 20.3. The molecule has 1 unspecified atom stereocenters. The average Bonchev–Trinajstić information content (AvgIpc) is 3.41. The SMILES string of the molecule is CCc1cc(C(c2ccc(Br)cc2)N2CCOCC2)c(NC(=O)c2ccco2)s1. The van der Waals surface area contributed by atoms with Gasteiger partial charge in [0.1, 0.15) is 5.00 Å². The van der Waals surface area contributed by atoms with Crippen molar-refractivity contribution in [3.63, 3.8) is 0 Å². The zero-order valence-corrected chi connectivity index (χ0v) is 18.6. The summed E-state index contributed by atoms with van der Waals surface area (Å²) >= 11 is 5.17. The number of aryl methyl sites for hydroxylation is 1. The van der Waals surface area contributed by atoms with E-state index in [9.17, 15) is 4.79 Å². The van der Waals surface area contributed by atoms with Crippen LogP contribution >= 0.6 is 27.3 Å². The molecule has 1 saturated heterocycles. The maximum absolute atomic E-state index is 12.7. The van der Waals surface area contributed by atoms with Crippen LogP contribution in [0.1, 0.15) is 39.5 Å². The number of hydrogen-bond acceptors (Lipinski definition) is 5. The predicted molar refractivity (Wildman–Crippen MR) is 119 cm³/mol. The molecule has 1 aliphatic heterocycles. The molecule has 7 heteroatoms. The molecule has 0 spiro atoms. The summed E-state index contributed by atoms with van der Waals surface area (Å²) < 4.78 is 11.9. The van der Waals surface area contributed by atoms with E-state index in [0.29, 0.717) is 19.0 Å². The Morgan fingerprint density at radius 1 is 1.24 bits per heavy atom. The van der Waals surface area contributed by atoms with Crippen molar-refractivity contribution < 1.29 is 13.9 Å². The van der Waals surface area contributed by atoms with E-state index < -0.39 is 0 Å². The zero-order valence-electron chi connectivity index (χ0n) is 16.2. The Morgan fingerprint density at radius 2 is 2.00 bits per heavy atom. The minimum Gasteiger partial charge on any atom is -0.459 e. The smallest absolute Gasteiger partial charge is 0.291 e. The Bertz CT molecular complexity index is 947. The number of nitrogens with one attached hydrogen (secondary N) is 1. The van der Waals surface area contributed by atoms with Crippen LogP contribution in [0.3, 0.4) is 0 Å². The minimum absolute atomic E-state index is 0.0513. The van der Waals surface area contributed by atoms with Crippen molar-refractivity contribution in [2.45, 2.75) is 19.4 Å². The largest absolute Gasteiger partial charge is 0.459 e. The fourth-order valence-electron chi connectivity index (χ4n) is 3.57. The number of halogens is 1. The fourth-order valence-corrected chi connectivity index (χ4v) is 4.86. The highest BCUT2D eigenvalue weighted by Gasteiger charge is 2.29. The number of morpholine rings is 1. The number of rotatable bonds is 6. The molecule has 0 aliphatic carbocycles. The summed E-state index contributed by atoms with van der Waals surface area (Å²) in [6, 6.07) is 14.1. The second-order valence-electron chi connectivity index (χ2n) is 6.88. The first-order valence-electron chi connectivity index (χ1n) is 9.70. The van der Waals surface area contributed by atoms with Crippen molar-refractivity contribution in [2.24, 2.45) is 0 Å². The van der Waals surface area contributed by atoms with E-state index in [2.05, 4.69) is 63.4 Å². The van der Waals surface area contributed by atoms with Crippen molar-refractivity contribution >= 4 is 38.2 Å². The Hall–Kier alpha value is -1.93. The van der Waals surface area contributed by atoms with Crippen molar-refractivity contribution in [1.82, 2.24) is 4.90 Å². The summed E-state index contributed by atoms with van der Waals surface area (Å²) in [5.74, 6) is 0.0891. The van der Waals surface area contributed by atoms with E-state index in [1.807, 2.05) is 0 Å². The molecular formula is C22H23BrN2O3S. The van der Waals surface area contributed by atoms with Gasteiger partial charge in [0, 0.05) is 28.0 Å². The molecular weight excluding hydrogens is 452 g/mol. The Labute approximate surface area is 182 Å². The van der Waals surface area contributed by atoms with Crippen LogP contribution in [0.15, 0.2) is 57.6 Å². The number of furan rings is 1. The maximum atomic E-state index is 12.7. The molecule has 1 amide bonds. The maximum Gasteiger partial charge on any atom is 0.291 e. The molecule has 2 aromatic heterocycles. The lowest BCUT2D eigenvalue weighted by atomic mass is 9.97. The number of amides is 1. The first-order valence-corrected chi connectivity index (χ1v) is 11.3. The van der Waals surface area contributed by atoms with Gasteiger partial charge in [0.2, 0.25) is 0 Å². The van der Waals surface area contributed by atoms with Crippen molar-refractivity contribution in [3.8, 4) is 0 Å². The van der Waals surface area contributed by atoms with Crippen LogP contribution < -0.4 is 5.32 Å². The van der Waals surface area contributed by atoms with Crippen LogP contribution in [0, 0.1) is 0 Å². The lowest BCUT2D eigenvalue weighted by Crippen LogP contribution is -2.39. The van der Waals surface area contributed by atoms with Gasteiger partial charge in [-0.2, -0.15) is 0 Å². The number of ether oxygens (including phenoxy) is 1. The quantitative estimate of drug-likeness (QED) is 0.523. The van der Waals surface area contributed by atoms with Crippen LogP contribution in [0.5, 0.6) is 0 Å². The van der Waals surface area contributed by atoms with Crippen LogP contribution in [0.25, 0.3) is 0 Å². The summed E-state index contributed by atoms with van der Waals surface area (Å²) in [7, 11) is 0. The highest BCUT2D eigenvalue weighted by atomic mass is 79.9. The third kappa shape index (κ3) is 4.64. The van der Waals surface area contributed by atoms with Crippen LogP contribution in [-0.2, 0) is 11.2 Å². The van der Waals surface area contributed by atoms with Gasteiger partial charge in [-0.15, -0.1) is 11.3 Å². The topological polar surface area (TPSA) is 54.7 Å². The molecule has 4 rings (SSSR count). The molecule has 1 N–H and O–H groups in total. The third-order valence-electron chi connectivity index (χ3n) is 5.02. The van der Waals surface area contributed by atoms with Crippen molar-refractivity contribution in [3.05, 3.63) is 75.0 Å². The molecule has 3 heterocycles. The van der Waals surface area contributed by atoms with Gasteiger partial charge in [-0.3, -0.25) is 9.69 Å². The molecule has 0 bridgehead atoms. The van der Waals surface area contributed by atoms with Gasteiger partial charge in [0.15, 0.2) is 5.76 Å². The fraction of sp³-hybridized carbons (Fsp3) is 0.318. The summed E-state index contributed by atoms with van der Waals surface area (Å²) in [4.78, 5) is 16.3. The monoisotopic (exact) mass is 474 g/mol. The van der Waals surface area contributed by atoms with E-state index >= 15 is 0 Å². The molecule has 0 radical (unpaired) electrons. The molecule has 29 heavy (non-hydrogen) atoms. The van der Waals surface area contributed by atoms with Crippen molar-refractivity contribution in [1.29, 1.82) is 0 Å². The van der Waals surface area contributed by atoms with Gasteiger partial charge >= 0.3 is 0 Å². The van der Waals surface area contributed by atoms with Gasteiger partial charge < -0.3 is 14.5 Å². The van der Waals surface area contributed by atoms with Gasteiger partial charge in [0.25, 0.3) is 5.91 Å². The van der Waals surface area contributed by atoms with E-state index in [4.69, 9.17) is 9.15 Å². The summed E-state index contributed by atoms with van der Waals surface area (Å²) in [6.07, 6.45) is 2.44. The number of anilines is 1. The van der Waals surface area contributed by atoms with E-state index in [1.165, 1.54) is 16.7 Å². The van der Waals surface area contributed by atoms with Gasteiger partial charge in [-0.25, -0.2) is 0 Å². The second kappa shape index (κ2) is 9.26. The molecule has 1 aromatic carbocycles. The molecule has 1 aliphatic rings. The van der Waals surface area contributed by atoms with Gasteiger partial charge in [-0.1, -0.05) is 35.0 Å². The number of carbonyl (C=O) groups is 1. The third-order valence-corrected chi connectivity index (χ3v) is 6.76. The zero-order chi connectivity index (χ0) is 20.2. The number of hydrogen-bond donors (Lipinski definition) is 1. The van der Waals surface area contributed by atoms with Crippen LogP contribution in [-0.4, -0.2) is 37.1 Å². The summed E-state index contributed by atoms with van der Waals surface area (Å²) in [6.45, 7) is 5.27. The van der Waals surface area contributed by atoms with Gasteiger partial charge in [-0.05, 0) is 42.3 Å². The highest BCUT2D eigenvalue weighted by molar-refractivity contribution is 9.10. The Balaban J connectivity index is 1.73. The van der Waals surface area contributed by atoms with E-state index in [1.54, 1.807) is 23.5 Å².